The summed E-state index contributed by atoms with van der Waals surface area (Å²) >= 11 is 26.0. The fourth-order valence-electron chi connectivity index (χ4n) is 3.73. The highest BCUT2D eigenvalue weighted by atomic mass is 35.5. The largest absolute Gasteiger partial charge is 0.503 e. The van der Waals surface area contributed by atoms with Crippen LogP contribution in [0.15, 0.2) is 48.5 Å². The van der Waals surface area contributed by atoms with Gasteiger partial charge in [0.2, 0.25) is 0 Å². The molecule has 5 aromatic rings. The molecule has 0 radical (unpaired) electrons. The summed E-state index contributed by atoms with van der Waals surface area (Å²) < 4.78 is 0. The van der Waals surface area contributed by atoms with Gasteiger partial charge in [-0.3, -0.25) is 0 Å². The third-order valence-electron chi connectivity index (χ3n) is 4.69. The van der Waals surface area contributed by atoms with Gasteiger partial charge in [0.25, 0.3) is 0 Å². The van der Waals surface area contributed by atoms with Gasteiger partial charge in [-0.2, -0.15) is 0 Å². The summed E-state index contributed by atoms with van der Waals surface area (Å²) in [6, 6.07) is 16.4. The van der Waals surface area contributed by atoms with E-state index in [1.807, 2.05) is 18.2 Å². The molecule has 0 saturated heterocycles. The van der Waals surface area contributed by atoms with Crippen molar-refractivity contribution in [1.29, 1.82) is 0 Å². The van der Waals surface area contributed by atoms with E-state index in [4.69, 9.17) is 106 Å². The minimum Gasteiger partial charge on any atom is -0.450 e. The van der Waals surface area contributed by atoms with Gasteiger partial charge in [0, 0.05) is 16.2 Å². The van der Waals surface area contributed by atoms with Crippen LogP contribution in [0.1, 0.15) is 0 Å². The Bertz CT molecular complexity index is 1640. The van der Waals surface area contributed by atoms with Crippen molar-refractivity contribution in [2.24, 2.45) is 0 Å². The molecule has 5 aromatic carbocycles. The molecule has 0 heterocycles. The molecular weight excluding hydrogens is 622 g/mol. The van der Waals surface area contributed by atoms with Crippen molar-refractivity contribution in [3.8, 4) is 0 Å². The molecule has 8 N–H and O–H groups in total. The number of carboxylic acid groups (broad SMARTS) is 8. The highest BCUT2D eigenvalue weighted by Gasteiger charge is 2.21. The molecule has 0 saturated carbocycles. The molecule has 0 aliphatic carbocycles. The molecule has 0 unspecified atom stereocenters. The van der Waals surface area contributed by atoms with Crippen molar-refractivity contribution in [2.75, 3.05) is 0 Å². The van der Waals surface area contributed by atoms with Gasteiger partial charge in [0.05, 0.1) is 20.1 Å². The molecule has 0 bridgehead atoms. The molecule has 0 amide bonds. The molecule has 16 heteroatoms. The van der Waals surface area contributed by atoms with Crippen LogP contribution < -0.4 is 0 Å². The molecular formula is C24H16Cl4O12. The van der Waals surface area contributed by atoms with Crippen LogP contribution in [0.2, 0.25) is 20.1 Å². The van der Waals surface area contributed by atoms with Crippen molar-refractivity contribution in [3.05, 3.63) is 68.6 Å². The van der Waals surface area contributed by atoms with Crippen molar-refractivity contribution in [3.63, 3.8) is 0 Å². The van der Waals surface area contributed by atoms with E-state index < -0.39 is 24.6 Å². The first-order valence-electron chi connectivity index (χ1n) is 10.0. The predicted octanol–water partition coefficient (Wildman–Crippen LogP) is 9.24. The Morgan fingerprint density at radius 3 is 1.25 bits per heavy atom. The first-order valence-corrected chi connectivity index (χ1v) is 11.5. The van der Waals surface area contributed by atoms with Crippen molar-refractivity contribution in [2.45, 2.75) is 0 Å². The van der Waals surface area contributed by atoms with Crippen LogP contribution in [0.25, 0.3) is 43.1 Å². The van der Waals surface area contributed by atoms with E-state index in [1.54, 1.807) is 0 Å². The molecule has 12 nitrogen and oxygen atoms in total. The molecule has 0 aromatic heterocycles. The summed E-state index contributed by atoms with van der Waals surface area (Å²) in [7, 11) is 0. The van der Waals surface area contributed by atoms with E-state index in [-0.39, 0.29) is 0 Å². The maximum absolute atomic E-state index is 8.56. The maximum Gasteiger partial charge on any atom is 0.503 e. The summed E-state index contributed by atoms with van der Waals surface area (Å²) in [6.45, 7) is 0. The van der Waals surface area contributed by atoms with Crippen LogP contribution in [0.4, 0.5) is 19.2 Å². The van der Waals surface area contributed by atoms with Gasteiger partial charge < -0.3 is 40.9 Å². The third-order valence-corrected chi connectivity index (χ3v) is 6.34. The normalized spacial score (nSPS) is 9.70. The first-order chi connectivity index (χ1) is 18.5. The van der Waals surface area contributed by atoms with E-state index in [0.29, 0.717) is 20.1 Å². The second kappa shape index (κ2) is 14.7. The second-order valence-corrected chi connectivity index (χ2v) is 8.54. The molecule has 40 heavy (non-hydrogen) atoms. The number of carbonyl (C=O) groups is 4. The van der Waals surface area contributed by atoms with Gasteiger partial charge in [0.15, 0.2) is 0 Å². The van der Waals surface area contributed by atoms with Crippen molar-refractivity contribution < 1.29 is 60.0 Å². The summed E-state index contributed by atoms with van der Waals surface area (Å²) in [5.41, 5.74) is 0. The lowest BCUT2D eigenvalue weighted by atomic mass is 9.90. The van der Waals surface area contributed by atoms with E-state index in [2.05, 4.69) is 30.3 Å². The van der Waals surface area contributed by atoms with Gasteiger partial charge in [-0.05, 0) is 33.0 Å². The topological polar surface area (TPSA) is 230 Å². The molecule has 0 spiro atoms. The number of hydrogen-bond acceptors (Lipinski definition) is 4. The maximum atomic E-state index is 8.56. The zero-order valence-electron chi connectivity index (χ0n) is 19.3. The summed E-state index contributed by atoms with van der Waals surface area (Å²) in [5.74, 6) is 0. The molecule has 212 valence electrons. The summed E-state index contributed by atoms with van der Waals surface area (Å²) in [5, 5.41) is 65.8. The first kappa shape index (κ1) is 33.7. The van der Waals surface area contributed by atoms with Gasteiger partial charge in [-0.25, -0.2) is 19.2 Å². The SMILES string of the molecule is Clc1c(Cl)c2c(Cl)ccc3c4cccc5cccc(c(c1Cl)c23)c54.O=C(O)O.O=C(O)O.O=C(O)O.O=C(O)O. The van der Waals surface area contributed by atoms with E-state index in [0.717, 1.165) is 32.3 Å². The van der Waals surface area contributed by atoms with Crippen molar-refractivity contribution >= 4 is 114 Å². The molecule has 5 rings (SSSR count). The number of halogens is 4. The summed E-state index contributed by atoms with van der Waals surface area (Å²) in [6.07, 6.45) is -7.33. The lowest BCUT2D eigenvalue weighted by Crippen LogP contribution is -1.90. The summed E-state index contributed by atoms with van der Waals surface area (Å²) in [4.78, 5) is 34.2. The number of fused-ring (bicyclic) bond motifs is 2. The fraction of sp³-hybridized carbons (Fsp3) is 0. The predicted molar refractivity (Wildman–Crippen MR) is 150 cm³/mol. The number of rotatable bonds is 0. The number of benzene rings is 5. The Labute approximate surface area is 242 Å². The fourth-order valence-corrected chi connectivity index (χ4v) is 4.85. The molecule has 0 aliphatic rings. The lowest BCUT2D eigenvalue weighted by Gasteiger charge is -2.18. The van der Waals surface area contributed by atoms with E-state index in [1.165, 1.54) is 10.8 Å². The molecule has 0 atom stereocenters. The average molecular weight is 638 g/mol. The van der Waals surface area contributed by atoms with Crippen LogP contribution in [-0.4, -0.2) is 65.5 Å². The van der Waals surface area contributed by atoms with Crippen LogP contribution >= 0.6 is 46.4 Å². The zero-order chi connectivity index (χ0) is 30.9. The monoisotopic (exact) mass is 636 g/mol. The highest BCUT2D eigenvalue weighted by Crippen LogP contribution is 2.50. The van der Waals surface area contributed by atoms with E-state index >= 15 is 0 Å². The van der Waals surface area contributed by atoms with Crippen LogP contribution in [0, 0.1) is 0 Å². The van der Waals surface area contributed by atoms with Crippen molar-refractivity contribution in [1.82, 2.24) is 0 Å². The Hall–Kier alpha value is -4.36. The molecule has 0 aliphatic heterocycles. The minimum atomic E-state index is -1.83. The van der Waals surface area contributed by atoms with E-state index in [9.17, 15) is 0 Å². The highest BCUT2D eigenvalue weighted by molar-refractivity contribution is 6.57. The standard InChI is InChI=1S/C20H8Cl4.4CH2O3/c21-13-8-7-11-10-5-1-3-9-4-2-6-12(14(9)10)16-15(11)17(13)19(23)20(24)18(16)22;4*2-1(3)4/h1-8H;4*(H2,2,3,4). The zero-order valence-corrected chi connectivity index (χ0v) is 22.4. The average Bonchev–Trinajstić information content (AvgIpc) is 2.81. The van der Waals surface area contributed by atoms with Gasteiger partial charge in [-0.15, -0.1) is 0 Å². The minimum absolute atomic E-state index is 0.344. The van der Waals surface area contributed by atoms with Gasteiger partial charge in [0.1, 0.15) is 0 Å². The van der Waals surface area contributed by atoms with Crippen LogP contribution in [0.5, 0.6) is 0 Å². The van der Waals surface area contributed by atoms with Crippen LogP contribution in [-0.2, 0) is 0 Å². The lowest BCUT2D eigenvalue weighted by molar-refractivity contribution is 0.135. The smallest absolute Gasteiger partial charge is 0.450 e. The Balaban J connectivity index is 0.000000417. The van der Waals surface area contributed by atoms with Gasteiger partial charge in [-0.1, -0.05) is 88.9 Å². The second-order valence-electron chi connectivity index (χ2n) is 7.00. The Morgan fingerprint density at radius 1 is 0.425 bits per heavy atom. The van der Waals surface area contributed by atoms with Crippen LogP contribution in [0.3, 0.4) is 0 Å². The Kier molecular flexibility index (Phi) is 12.4. The quantitative estimate of drug-likeness (QED) is 0.0451. The Morgan fingerprint density at radius 2 is 0.800 bits per heavy atom. The number of hydrogen-bond donors (Lipinski definition) is 8. The van der Waals surface area contributed by atoms with Gasteiger partial charge >= 0.3 is 24.6 Å². The molecule has 0 fully saturated rings. The third kappa shape index (κ3) is 8.58.